The number of piperidine rings is 1. The molecule has 2 heterocycles. The molecule has 0 aromatic heterocycles. The molecule has 1 amide bonds. The molecule has 2 saturated heterocycles. The number of carbonyl (C=O) groups is 1. The van der Waals surface area contributed by atoms with Crippen molar-refractivity contribution in [1.82, 2.24) is 9.80 Å². The summed E-state index contributed by atoms with van der Waals surface area (Å²) in [5.74, 6) is 0.723. The third kappa shape index (κ3) is 3.71. The van der Waals surface area contributed by atoms with Crippen LogP contribution in [0.2, 0.25) is 0 Å². The molecule has 18 heavy (non-hydrogen) atoms. The molecule has 3 heteroatoms. The third-order valence-electron chi connectivity index (χ3n) is 4.31. The number of likely N-dealkylation sites (tertiary alicyclic amines) is 2. The Morgan fingerprint density at radius 1 is 1.06 bits per heavy atom. The van der Waals surface area contributed by atoms with Crippen LogP contribution in [0.1, 0.15) is 51.9 Å². The maximum atomic E-state index is 12.6. The second-order valence-electron chi connectivity index (χ2n) is 5.88. The summed E-state index contributed by atoms with van der Waals surface area (Å²) in [5, 5.41) is 0. The Hall–Kier alpha value is -0.570. The Bertz CT molecular complexity index is 257. The average Bonchev–Trinajstić information content (AvgIpc) is 2.67. The zero-order valence-electron chi connectivity index (χ0n) is 11.9. The number of carbonyl (C=O) groups excluding carboxylic acids is 1. The summed E-state index contributed by atoms with van der Waals surface area (Å²) >= 11 is 0. The van der Waals surface area contributed by atoms with E-state index in [2.05, 4.69) is 16.7 Å². The molecule has 1 atom stereocenters. The van der Waals surface area contributed by atoms with E-state index < -0.39 is 0 Å². The summed E-state index contributed by atoms with van der Waals surface area (Å²) in [6.45, 7) is 7.58. The van der Waals surface area contributed by atoms with E-state index in [0.717, 1.165) is 32.6 Å². The second-order valence-corrected chi connectivity index (χ2v) is 5.88. The fraction of sp³-hybridized carbons (Fsp3) is 0.933. The van der Waals surface area contributed by atoms with Crippen LogP contribution in [0.5, 0.6) is 0 Å². The monoisotopic (exact) mass is 252 g/mol. The molecule has 0 bridgehead atoms. The van der Waals surface area contributed by atoms with E-state index in [1.54, 1.807) is 0 Å². The van der Waals surface area contributed by atoms with E-state index in [4.69, 9.17) is 0 Å². The van der Waals surface area contributed by atoms with Crippen LogP contribution < -0.4 is 0 Å². The van der Waals surface area contributed by atoms with Gasteiger partial charge in [0.2, 0.25) is 5.91 Å². The van der Waals surface area contributed by atoms with E-state index in [9.17, 15) is 4.79 Å². The van der Waals surface area contributed by atoms with Crippen LogP contribution in [-0.2, 0) is 4.79 Å². The molecule has 0 saturated carbocycles. The lowest BCUT2D eigenvalue weighted by atomic mass is 9.96. The van der Waals surface area contributed by atoms with Crippen molar-refractivity contribution in [2.24, 2.45) is 5.92 Å². The predicted molar refractivity (Wildman–Crippen MR) is 74.5 cm³/mol. The maximum absolute atomic E-state index is 12.6. The van der Waals surface area contributed by atoms with Crippen LogP contribution in [0.3, 0.4) is 0 Å². The Kier molecular flexibility index (Phi) is 5.48. The van der Waals surface area contributed by atoms with Gasteiger partial charge in [-0.05, 0) is 45.2 Å². The van der Waals surface area contributed by atoms with Gasteiger partial charge in [0, 0.05) is 19.6 Å². The molecular formula is C15H28N2O. The van der Waals surface area contributed by atoms with Gasteiger partial charge >= 0.3 is 0 Å². The molecule has 104 valence electrons. The molecule has 0 aliphatic carbocycles. The van der Waals surface area contributed by atoms with Crippen molar-refractivity contribution in [3.05, 3.63) is 0 Å². The molecule has 0 N–H and O–H groups in total. The Labute approximate surface area is 112 Å². The van der Waals surface area contributed by atoms with Crippen LogP contribution in [0.15, 0.2) is 0 Å². The van der Waals surface area contributed by atoms with E-state index in [-0.39, 0.29) is 5.92 Å². The van der Waals surface area contributed by atoms with Gasteiger partial charge in [0.1, 0.15) is 0 Å². The molecule has 0 aromatic rings. The van der Waals surface area contributed by atoms with E-state index in [0.29, 0.717) is 5.91 Å². The van der Waals surface area contributed by atoms with Gasteiger partial charge in [-0.15, -0.1) is 0 Å². The Morgan fingerprint density at radius 2 is 1.78 bits per heavy atom. The van der Waals surface area contributed by atoms with Crippen molar-refractivity contribution >= 4 is 5.91 Å². The van der Waals surface area contributed by atoms with Crippen LogP contribution in [0.25, 0.3) is 0 Å². The van der Waals surface area contributed by atoms with Crippen molar-refractivity contribution in [2.75, 3.05) is 32.7 Å². The Balaban J connectivity index is 1.86. The third-order valence-corrected chi connectivity index (χ3v) is 4.31. The first-order valence-corrected chi connectivity index (χ1v) is 7.82. The highest BCUT2D eigenvalue weighted by molar-refractivity contribution is 5.79. The fourth-order valence-electron chi connectivity index (χ4n) is 3.33. The first kappa shape index (κ1) is 13.9. The van der Waals surface area contributed by atoms with Gasteiger partial charge in [-0.3, -0.25) is 4.79 Å². The molecule has 0 aromatic carbocycles. The topological polar surface area (TPSA) is 23.6 Å². The van der Waals surface area contributed by atoms with Crippen molar-refractivity contribution in [2.45, 2.75) is 51.9 Å². The fourth-order valence-corrected chi connectivity index (χ4v) is 3.33. The lowest BCUT2D eigenvalue weighted by Gasteiger charge is -2.34. The predicted octanol–water partition coefficient (Wildman–Crippen LogP) is 2.51. The second kappa shape index (κ2) is 7.13. The smallest absolute Gasteiger partial charge is 0.226 e. The zero-order valence-corrected chi connectivity index (χ0v) is 11.9. The zero-order chi connectivity index (χ0) is 12.8. The molecule has 0 unspecified atom stereocenters. The minimum atomic E-state index is 0.281. The van der Waals surface area contributed by atoms with Gasteiger partial charge in [0.15, 0.2) is 0 Å². The van der Waals surface area contributed by atoms with Gasteiger partial charge in [0.25, 0.3) is 0 Å². The van der Waals surface area contributed by atoms with E-state index in [1.165, 1.54) is 45.1 Å². The molecule has 2 rings (SSSR count). The van der Waals surface area contributed by atoms with Crippen molar-refractivity contribution in [3.63, 3.8) is 0 Å². The number of hydrogen-bond acceptors (Lipinski definition) is 2. The van der Waals surface area contributed by atoms with Crippen molar-refractivity contribution in [3.8, 4) is 0 Å². The van der Waals surface area contributed by atoms with Gasteiger partial charge < -0.3 is 9.80 Å². The number of nitrogens with zero attached hydrogens (tertiary/aromatic N) is 2. The van der Waals surface area contributed by atoms with Crippen LogP contribution in [-0.4, -0.2) is 48.4 Å². The quantitative estimate of drug-likeness (QED) is 0.770. The van der Waals surface area contributed by atoms with Gasteiger partial charge in [-0.25, -0.2) is 0 Å². The standard InChI is InChI=1S/C15H28N2O/c1-2-9-16-10-7-8-14(13-16)15(18)17-11-5-3-4-6-12-17/h14H,2-13H2,1H3/t14-/m0/s1. The highest BCUT2D eigenvalue weighted by atomic mass is 16.2. The number of hydrogen-bond donors (Lipinski definition) is 0. The summed E-state index contributed by atoms with van der Waals surface area (Å²) in [5.41, 5.74) is 0. The lowest BCUT2D eigenvalue weighted by molar-refractivity contribution is -0.137. The largest absolute Gasteiger partial charge is 0.342 e. The summed E-state index contributed by atoms with van der Waals surface area (Å²) in [6.07, 6.45) is 8.52. The summed E-state index contributed by atoms with van der Waals surface area (Å²) in [7, 11) is 0. The normalized spacial score (nSPS) is 26.9. The van der Waals surface area contributed by atoms with Crippen LogP contribution in [0.4, 0.5) is 0 Å². The summed E-state index contributed by atoms with van der Waals surface area (Å²) in [4.78, 5) is 17.2. The molecule has 2 fully saturated rings. The minimum absolute atomic E-state index is 0.281. The molecule has 2 aliphatic heterocycles. The minimum Gasteiger partial charge on any atom is -0.342 e. The van der Waals surface area contributed by atoms with Crippen LogP contribution >= 0.6 is 0 Å². The molecule has 0 radical (unpaired) electrons. The Morgan fingerprint density at radius 3 is 2.44 bits per heavy atom. The highest BCUT2D eigenvalue weighted by Gasteiger charge is 2.28. The number of rotatable bonds is 3. The molecule has 0 spiro atoms. The van der Waals surface area contributed by atoms with Crippen molar-refractivity contribution in [1.29, 1.82) is 0 Å². The molecular weight excluding hydrogens is 224 g/mol. The van der Waals surface area contributed by atoms with Gasteiger partial charge in [-0.1, -0.05) is 19.8 Å². The van der Waals surface area contributed by atoms with Crippen LogP contribution in [0, 0.1) is 5.92 Å². The first-order valence-electron chi connectivity index (χ1n) is 7.82. The first-order chi connectivity index (χ1) is 8.81. The van der Waals surface area contributed by atoms with Crippen molar-refractivity contribution < 1.29 is 4.79 Å². The highest BCUT2D eigenvalue weighted by Crippen LogP contribution is 2.21. The van der Waals surface area contributed by atoms with Gasteiger partial charge in [-0.2, -0.15) is 0 Å². The summed E-state index contributed by atoms with van der Waals surface area (Å²) < 4.78 is 0. The average molecular weight is 252 g/mol. The van der Waals surface area contributed by atoms with E-state index in [1.807, 2.05) is 0 Å². The maximum Gasteiger partial charge on any atom is 0.226 e. The summed E-state index contributed by atoms with van der Waals surface area (Å²) in [6, 6.07) is 0. The molecule has 3 nitrogen and oxygen atoms in total. The number of amides is 1. The SMILES string of the molecule is CCCN1CCC[C@H](C(=O)N2CCCCCC2)C1. The molecule has 2 aliphatic rings. The van der Waals surface area contributed by atoms with Gasteiger partial charge in [0.05, 0.1) is 5.92 Å². The lowest BCUT2D eigenvalue weighted by Crippen LogP contribution is -2.45. The van der Waals surface area contributed by atoms with E-state index >= 15 is 0 Å².